The third kappa shape index (κ3) is 6.12. The highest BCUT2D eigenvalue weighted by Crippen LogP contribution is 2.22. The third-order valence-electron chi connectivity index (χ3n) is 1.35. The number of alkyl halides is 3. The monoisotopic (exact) mass is 170 g/mol. The van der Waals surface area contributed by atoms with Crippen LogP contribution in [0.15, 0.2) is 0 Å². The molecule has 11 heavy (non-hydrogen) atoms. The van der Waals surface area contributed by atoms with E-state index in [1.165, 1.54) is 0 Å². The van der Waals surface area contributed by atoms with Crippen molar-refractivity contribution in [2.45, 2.75) is 38.4 Å². The van der Waals surface area contributed by atoms with E-state index in [0.29, 0.717) is 12.8 Å². The second kappa shape index (κ2) is 4.56. The summed E-state index contributed by atoms with van der Waals surface area (Å²) in [6.07, 6.45) is -3.81. The van der Waals surface area contributed by atoms with Crippen molar-refractivity contribution >= 4 is 0 Å². The maximum atomic E-state index is 11.7. The molecule has 0 saturated heterocycles. The number of hydrazine groups is 1. The Morgan fingerprint density at radius 3 is 2.27 bits per heavy atom. The van der Waals surface area contributed by atoms with E-state index in [1.807, 2.05) is 6.92 Å². The summed E-state index contributed by atoms with van der Waals surface area (Å²) in [5, 5.41) is 0. The summed E-state index contributed by atoms with van der Waals surface area (Å²) >= 11 is 0. The molecule has 0 amide bonds. The lowest BCUT2D eigenvalue weighted by Crippen LogP contribution is -2.38. The lowest BCUT2D eigenvalue weighted by atomic mass is 10.1. The SMILES string of the molecule is CCCC(CC(F)(F)F)NN. The van der Waals surface area contributed by atoms with Crippen LogP contribution in [0.5, 0.6) is 0 Å². The Kier molecular flexibility index (Phi) is 4.44. The van der Waals surface area contributed by atoms with Gasteiger partial charge in [0.1, 0.15) is 0 Å². The van der Waals surface area contributed by atoms with Gasteiger partial charge >= 0.3 is 6.18 Å². The van der Waals surface area contributed by atoms with Gasteiger partial charge in [0, 0.05) is 6.04 Å². The number of nitrogens with two attached hydrogens (primary N) is 1. The lowest BCUT2D eigenvalue weighted by Gasteiger charge is -2.16. The minimum atomic E-state index is -4.12. The molecule has 1 unspecified atom stereocenters. The first kappa shape index (κ1) is 10.7. The van der Waals surface area contributed by atoms with Crippen molar-refractivity contribution in [1.82, 2.24) is 5.43 Å². The first-order valence-corrected chi connectivity index (χ1v) is 3.52. The highest BCUT2D eigenvalue weighted by Gasteiger charge is 2.30. The average Bonchev–Trinajstić information content (AvgIpc) is 1.84. The Labute approximate surface area is 63.9 Å². The summed E-state index contributed by atoms with van der Waals surface area (Å²) < 4.78 is 35.2. The van der Waals surface area contributed by atoms with Crippen molar-refractivity contribution in [2.75, 3.05) is 0 Å². The van der Waals surface area contributed by atoms with Crippen LogP contribution in [-0.2, 0) is 0 Å². The normalized spacial score (nSPS) is 15.0. The second-order valence-electron chi connectivity index (χ2n) is 2.47. The summed E-state index contributed by atoms with van der Waals surface area (Å²) in [4.78, 5) is 0. The average molecular weight is 170 g/mol. The van der Waals surface area contributed by atoms with Gasteiger partial charge in [0.05, 0.1) is 6.42 Å². The van der Waals surface area contributed by atoms with E-state index in [2.05, 4.69) is 5.43 Å². The summed E-state index contributed by atoms with van der Waals surface area (Å²) in [7, 11) is 0. The van der Waals surface area contributed by atoms with E-state index >= 15 is 0 Å². The van der Waals surface area contributed by atoms with Crippen LogP contribution in [0.2, 0.25) is 0 Å². The molecule has 0 aromatic carbocycles. The highest BCUT2D eigenvalue weighted by molar-refractivity contribution is 4.67. The molecule has 0 heterocycles. The van der Waals surface area contributed by atoms with Crippen LogP contribution in [0.1, 0.15) is 26.2 Å². The molecule has 1 atom stereocenters. The van der Waals surface area contributed by atoms with Gasteiger partial charge in [-0.3, -0.25) is 11.3 Å². The third-order valence-corrected chi connectivity index (χ3v) is 1.35. The fourth-order valence-electron chi connectivity index (χ4n) is 0.872. The van der Waals surface area contributed by atoms with Gasteiger partial charge in [-0.1, -0.05) is 13.3 Å². The molecular weight excluding hydrogens is 157 g/mol. The van der Waals surface area contributed by atoms with Crippen LogP contribution in [0.3, 0.4) is 0 Å². The highest BCUT2D eigenvalue weighted by atomic mass is 19.4. The Morgan fingerprint density at radius 2 is 2.00 bits per heavy atom. The number of nitrogens with one attached hydrogen (secondary N) is 1. The molecule has 0 aromatic rings. The van der Waals surface area contributed by atoms with E-state index in [0.717, 1.165) is 0 Å². The van der Waals surface area contributed by atoms with Crippen LogP contribution in [-0.4, -0.2) is 12.2 Å². The Balaban J connectivity index is 3.68. The minimum absolute atomic E-state index is 0.454. The van der Waals surface area contributed by atoms with Crippen molar-refractivity contribution in [3.05, 3.63) is 0 Å². The van der Waals surface area contributed by atoms with E-state index in [4.69, 9.17) is 5.84 Å². The fourth-order valence-corrected chi connectivity index (χ4v) is 0.872. The van der Waals surface area contributed by atoms with E-state index in [-0.39, 0.29) is 0 Å². The number of hydrogen-bond donors (Lipinski definition) is 2. The molecule has 0 bridgehead atoms. The largest absolute Gasteiger partial charge is 0.390 e. The predicted molar refractivity (Wildman–Crippen MR) is 36.7 cm³/mol. The van der Waals surface area contributed by atoms with Gasteiger partial charge in [-0.2, -0.15) is 13.2 Å². The molecule has 0 rings (SSSR count). The number of halogens is 3. The molecule has 0 radical (unpaired) electrons. The quantitative estimate of drug-likeness (QED) is 0.496. The molecule has 3 N–H and O–H groups in total. The summed E-state index contributed by atoms with van der Waals surface area (Å²) in [6, 6.07) is -0.639. The zero-order valence-corrected chi connectivity index (χ0v) is 6.41. The molecule has 0 aliphatic heterocycles. The van der Waals surface area contributed by atoms with Gasteiger partial charge in [-0.15, -0.1) is 0 Å². The van der Waals surface area contributed by atoms with E-state index in [9.17, 15) is 13.2 Å². The van der Waals surface area contributed by atoms with Crippen LogP contribution in [0.4, 0.5) is 13.2 Å². The number of hydrogen-bond acceptors (Lipinski definition) is 2. The van der Waals surface area contributed by atoms with Gasteiger partial charge < -0.3 is 0 Å². The standard InChI is InChI=1S/C6H13F3N2/c1-2-3-5(11-10)4-6(7,8)9/h5,11H,2-4,10H2,1H3. The number of rotatable bonds is 4. The summed E-state index contributed by atoms with van der Waals surface area (Å²) in [6.45, 7) is 1.82. The zero-order valence-electron chi connectivity index (χ0n) is 6.41. The van der Waals surface area contributed by atoms with Gasteiger partial charge in [0.25, 0.3) is 0 Å². The smallest absolute Gasteiger partial charge is 0.271 e. The van der Waals surface area contributed by atoms with Crippen LogP contribution >= 0.6 is 0 Å². The molecule has 0 aromatic heterocycles. The Hall–Kier alpha value is -0.290. The molecule has 0 spiro atoms. The Morgan fingerprint density at radius 1 is 1.45 bits per heavy atom. The molecule has 5 heteroatoms. The van der Waals surface area contributed by atoms with Crippen molar-refractivity contribution in [3.63, 3.8) is 0 Å². The molecule has 0 saturated carbocycles. The molecule has 0 aliphatic carbocycles. The van der Waals surface area contributed by atoms with Crippen molar-refractivity contribution in [1.29, 1.82) is 0 Å². The summed E-state index contributed by atoms with van der Waals surface area (Å²) in [5.41, 5.74) is 2.14. The van der Waals surface area contributed by atoms with Crippen molar-refractivity contribution in [2.24, 2.45) is 5.84 Å². The molecule has 0 aliphatic rings. The van der Waals surface area contributed by atoms with Crippen LogP contribution in [0, 0.1) is 0 Å². The zero-order chi connectivity index (χ0) is 8.91. The van der Waals surface area contributed by atoms with Gasteiger partial charge in [0.2, 0.25) is 0 Å². The summed E-state index contributed by atoms with van der Waals surface area (Å²) in [5.74, 6) is 4.92. The van der Waals surface area contributed by atoms with Crippen LogP contribution < -0.4 is 11.3 Å². The second-order valence-corrected chi connectivity index (χ2v) is 2.47. The molecule has 68 valence electrons. The lowest BCUT2D eigenvalue weighted by molar-refractivity contribution is -0.140. The maximum Gasteiger partial charge on any atom is 0.390 e. The van der Waals surface area contributed by atoms with Crippen molar-refractivity contribution in [3.8, 4) is 0 Å². The van der Waals surface area contributed by atoms with Crippen molar-refractivity contribution < 1.29 is 13.2 Å². The van der Waals surface area contributed by atoms with Gasteiger partial charge in [-0.05, 0) is 6.42 Å². The Bertz CT molecular complexity index is 102. The first-order valence-electron chi connectivity index (χ1n) is 3.52. The molecule has 0 fully saturated rings. The fraction of sp³-hybridized carbons (Fsp3) is 1.00. The predicted octanol–water partition coefficient (Wildman–Crippen LogP) is 1.57. The first-order chi connectivity index (χ1) is 4.99. The van der Waals surface area contributed by atoms with E-state index in [1.54, 1.807) is 0 Å². The minimum Gasteiger partial charge on any atom is -0.271 e. The van der Waals surface area contributed by atoms with Gasteiger partial charge in [0.15, 0.2) is 0 Å². The molecular formula is C6H13F3N2. The van der Waals surface area contributed by atoms with Gasteiger partial charge in [-0.25, -0.2) is 0 Å². The van der Waals surface area contributed by atoms with Crippen LogP contribution in [0.25, 0.3) is 0 Å². The van der Waals surface area contributed by atoms with E-state index < -0.39 is 18.6 Å². The topological polar surface area (TPSA) is 38.0 Å². The molecule has 2 nitrogen and oxygen atoms in total. The maximum absolute atomic E-state index is 11.7.